The van der Waals surface area contributed by atoms with E-state index in [9.17, 15) is 4.79 Å². The number of anilines is 1. The van der Waals surface area contributed by atoms with Gasteiger partial charge in [-0.05, 0) is 48.9 Å². The van der Waals surface area contributed by atoms with Gasteiger partial charge in [0.05, 0.1) is 0 Å². The first kappa shape index (κ1) is 13.6. The van der Waals surface area contributed by atoms with Crippen LogP contribution in [0.4, 0.5) is 5.69 Å². The van der Waals surface area contributed by atoms with Crippen LogP contribution >= 0.6 is 15.9 Å². The lowest BCUT2D eigenvalue weighted by molar-refractivity contribution is -0.122. The molecule has 1 aliphatic rings. The maximum Gasteiger partial charge on any atom is 0.228 e. The van der Waals surface area contributed by atoms with E-state index in [1.807, 2.05) is 25.1 Å². The normalized spacial score (nSPS) is 21.9. The highest BCUT2D eigenvalue weighted by atomic mass is 79.9. The summed E-state index contributed by atoms with van der Waals surface area (Å²) in [6.45, 7) is 6.41. The average Bonchev–Trinajstić information content (AvgIpc) is 2.56. The Labute approximate surface area is 117 Å². The van der Waals surface area contributed by atoms with Crippen molar-refractivity contribution in [1.82, 2.24) is 0 Å². The Bertz CT molecular complexity index is 447. The first-order chi connectivity index (χ1) is 8.38. The summed E-state index contributed by atoms with van der Waals surface area (Å²) in [4.78, 5) is 12.3. The Morgan fingerprint density at radius 2 is 2.11 bits per heavy atom. The molecule has 1 unspecified atom stereocenters. The van der Waals surface area contributed by atoms with Gasteiger partial charge in [0.2, 0.25) is 5.91 Å². The molecule has 1 amide bonds. The predicted molar refractivity (Wildman–Crippen MR) is 78.6 cm³/mol. The van der Waals surface area contributed by atoms with Crippen molar-refractivity contribution < 1.29 is 4.79 Å². The quantitative estimate of drug-likeness (QED) is 0.855. The van der Waals surface area contributed by atoms with Crippen LogP contribution in [-0.2, 0) is 4.79 Å². The number of rotatable bonds is 2. The molecule has 0 bridgehead atoms. The number of nitrogens with one attached hydrogen (secondary N) is 1. The van der Waals surface area contributed by atoms with Gasteiger partial charge in [-0.2, -0.15) is 0 Å². The Balaban J connectivity index is 2.12. The lowest BCUT2D eigenvalue weighted by atomic mass is 9.81. The van der Waals surface area contributed by atoms with Gasteiger partial charge in [-0.15, -0.1) is 0 Å². The standard InChI is InChI=1S/C15H20BrNO/c1-10-7-11(16)9-12(8-10)17-14(18)13-5-4-6-15(13,2)3/h7-9,13H,4-6H2,1-3H3,(H,17,18). The molecule has 3 heteroatoms. The summed E-state index contributed by atoms with van der Waals surface area (Å²) in [5, 5.41) is 3.05. The molecule has 98 valence electrons. The fourth-order valence-corrected chi connectivity index (χ4v) is 3.46. The summed E-state index contributed by atoms with van der Waals surface area (Å²) in [6, 6.07) is 5.99. The van der Waals surface area contributed by atoms with Crippen LogP contribution in [-0.4, -0.2) is 5.91 Å². The third-order valence-electron chi connectivity index (χ3n) is 3.88. The average molecular weight is 310 g/mol. The molecule has 18 heavy (non-hydrogen) atoms. The highest BCUT2D eigenvalue weighted by Crippen LogP contribution is 2.43. The number of aryl methyl sites for hydroxylation is 1. The summed E-state index contributed by atoms with van der Waals surface area (Å²) in [5.74, 6) is 0.298. The van der Waals surface area contributed by atoms with E-state index in [1.54, 1.807) is 0 Å². The van der Waals surface area contributed by atoms with Crippen LogP contribution in [0.3, 0.4) is 0 Å². The second kappa shape index (κ2) is 5.04. The van der Waals surface area contributed by atoms with Crippen LogP contribution < -0.4 is 5.32 Å². The molecule has 2 nitrogen and oxygen atoms in total. The van der Waals surface area contributed by atoms with Gasteiger partial charge in [0.1, 0.15) is 0 Å². The molecule has 0 heterocycles. The maximum atomic E-state index is 12.3. The van der Waals surface area contributed by atoms with Gasteiger partial charge in [-0.1, -0.05) is 36.2 Å². The molecule has 1 fully saturated rings. The number of carbonyl (C=O) groups is 1. The van der Waals surface area contributed by atoms with Crippen molar-refractivity contribution >= 4 is 27.5 Å². The Hall–Kier alpha value is -0.830. The van der Waals surface area contributed by atoms with Crippen LogP contribution in [0.15, 0.2) is 22.7 Å². The Morgan fingerprint density at radius 1 is 1.39 bits per heavy atom. The monoisotopic (exact) mass is 309 g/mol. The molecule has 1 N–H and O–H groups in total. The number of halogens is 1. The van der Waals surface area contributed by atoms with Crippen molar-refractivity contribution in [3.63, 3.8) is 0 Å². The zero-order valence-electron chi connectivity index (χ0n) is 11.2. The summed E-state index contributed by atoms with van der Waals surface area (Å²) >= 11 is 3.46. The first-order valence-corrected chi connectivity index (χ1v) is 7.26. The zero-order chi connectivity index (χ0) is 13.3. The topological polar surface area (TPSA) is 29.1 Å². The van der Waals surface area contributed by atoms with Crippen molar-refractivity contribution in [1.29, 1.82) is 0 Å². The zero-order valence-corrected chi connectivity index (χ0v) is 12.8. The molecule has 1 aromatic carbocycles. The lowest BCUT2D eigenvalue weighted by Crippen LogP contribution is -2.30. The van der Waals surface area contributed by atoms with E-state index < -0.39 is 0 Å². The molecule has 1 saturated carbocycles. The van der Waals surface area contributed by atoms with Gasteiger partial charge in [0.15, 0.2) is 0 Å². The number of hydrogen-bond acceptors (Lipinski definition) is 1. The second-order valence-electron chi connectivity index (χ2n) is 5.94. The molecule has 0 saturated heterocycles. The molecule has 1 aliphatic carbocycles. The molecule has 0 aromatic heterocycles. The van der Waals surface area contributed by atoms with Crippen molar-refractivity contribution in [3.05, 3.63) is 28.2 Å². The van der Waals surface area contributed by atoms with E-state index in [1.165, 1.54) is 0 Å². The van der Waals surface area contributed by atoms with Gasteiger partial charge in [-0.25, -0.2) is 0 Å². The van der Waals surface area contributed by atoms with Crippen molar-refractivity contribution in [2.24, 2.45) is 11.3 Å². The number of hydrogen-bond donors (Lipinski definition) is 1. The van der Waals surface area contributed by atoms with E-state index in [2.05, 4.69) is 35.1 Å². The van der Waals surface area contributed by atoms with E-state index in [4.69, 9.17) is 0 Å². The van der Waals surface area contributed by atoms with Gasteiger partial charge in [0.25, 0.3) is 0 Å². The first-order valence-electron chi connectivity index (χ1n) is 6.46. The summed E-state index contributed by atoms with van der Waals surface area (Å²) in [6.07, 6.45) is 3.30. The van der Waals surface area contributed by atoms with Crippen LogP contribution in [0.25, 0.3) is 0 Å². The minimum absolute atomic E-state index is 0.130. The molecule has 0 aliphatic heterocycles. The van der Waals surface area contributed by atoms with Crippen LogP contribution in [0.5, 0.6) is 0 Å². The number of benzene rings is 1. The molecule has 1 aromatic rings. The highest BCUT2D eigenvalue weighted by molar-refractivity contribution is 9.10. The maximum absolute atomic E-state index is 12.3. The molecular formula is C15H20BrNO. The van der Waals surface area contributed by atoms with E-state index in [0.717, 1.165) is 35.0 Å². The SMILES string of the molecule is Cc1cc(Br)cc(NC(=O)C2CCCC2(C)C)c1. The molecule has 2 rings (SSSR count). The third kappa shape index (κ3) is 2.94. The molecule has 0 radical (unpaired) electrons. The highest BCUT2D eigenvalue weighted by Gasteiger charge is 2.39. The summed E-state index contributed by atoms with van der Waals surface area (Å²) < 4.78 is 1.00. The fraction of sp³-hybridized carbons (Fsp3) is 0.533. The number of amides is 1. The molecule has 1 atom stereocenters. The van der Waals surface area contributed by atoms with Crippen molar-refractivity contribution in [2.75, 3.05) is 5.32 Å². The third-order valence-corrected chi connectivity index (χ3v) is 4.34. The van der Waals surface area contributed by atoms with E-state index in [0.29, 0.717) is 0 Å². The minimum atomic E-state index is 0.130. The second-order valence-corrected chi connectivity index (χ2v) is 6.86. The molecular weight excluding hydrogens is 290 g/mol. The number of carbonyl (C=O) groups excluding carboxylic acids is 1. The van der Waals surface area contributed by atoms with Crippen molar-refractivity contribution in [3.8, 4) is 0 Å². The minimum Gasteiger partial charge on any atom is -0.326 e. The van der Waals surface area contributed by atoms with Crippen LogP contribution in [0.1, 0.15) is 38.7 Å². The van der Waals surface area contributed by atoms with E-state index >= 15 is 0 Å². The molecule has 0 spiro atoms. The Kier molecular flexibility index (Phi) is 3.81. The van der Waals surface area contributed by atoms with Gasteiger partial charge in [0, 0.05) is 16.1 Å². The predicted octanol–water partition coefficient (Wildman–Crippen LogP) is 4.52. The largest absolute Gasteiger partial charge is 0.326 e. The van der Waals surface area contributed by atoms with Gasteiger partial charge >= 0.3 is 0 Å². The van der Waals surface area contributed by atoms with Gasteiger partial charge < -0.3 is 5.32 Å². The summed E-state index contributed by atoms with van der Waals surface area (Å²) in [5.41, 5.74) is 2.16. The van der Waals surface area contributed by atoms with Gasteiger partial charge in [-0.3, -0.25) is 4.79 Å². The van der Waals surface area contributed by atoms with E-state index in [-0.39, 0.29) is 17.2 Å². The Morgan fingerprint density at radius 3 is 2.67 bits per heavy atom. The lowest BCUT2D eigenvalue weighted by Gasteiger charge is -2.25. The smallest absolute Gasteiger partial charge is 0.228 e. The van der Waals surface area contributed by atoms with Crippen LogP contribution in [0.2, 0.25) is 0 Å². The summed E-state index contributed by atoms with van der Waals surface area (Å²) in [7, 11) is 0. The fourth-order valence-electron chi connectivity index (χ4n) is 2.85. The van der Waals surface area contributed by atoms with Crippen molar-refractivity contribution in [2.45, 2.75) is 40.0 Å². The van der Waals surface area contributed by atoms with Crippen LogP contribution in [0, 0.1) is 18.3 Å².